The van der Waals surface area contributed by atoms with Crippen molar-refractivity contribution in [3.8, 4) is 5.75 Å². The first kappa shape index (κ1) is 17.5. The molecule has 0 aliphatic carbocycles. The van der Waals surface area contributed by atoms with Crippen LogP contribution in [0, 0.1) is 13.8 Å². The number of carboxylic acids is 1. The van der Waals surface area contributed by atoms with Gasteiger partial charge in [-0.1, -0.05) is 36.4 Å². The van der Waals surface area contributed by atoms with Crippen molar-refractivity contribution in [2.24, 2.45) is 0 Å². The summed E-state index contributed by atoms with van der Waals surface area (Å²) in [6.07, 6.45) is -0.181. The molecule has 0 radical (unpaired) electrons. The lowest BCUT2D eigenvalue weighted by Gasteiger charge is -2.17. The van der Waals surface area contributed by atoms with Crippen molar-refractivity contribution in [3.05, 3.63) is 65.2 Å². The van der Waals surface area contributed by atoms with E-state index in [2.05, 4.69) is 5.32 Å². The summed E-state index contributed by atoms with van der Waals surface area (Å²) in [7, 11) is 0. The Bertz CT molecular complexity index is 713. The highest BCUT2D eigenvalue weighted by Gasteiger charge is 2.18. The van der Waals surface area contributed by atoms with Crippen LogP contribution in [-0.4, -0.2) is 23.6 Å². The molecule has 2 aromatic rings. The molecule has 0 aliphatic heterocycles. The smallest absolute Gasteiger partial charge is 0.305 e. The minimum absolute atomic E-state index is 0.161. The third-order valence-electron chi connectivity index (χ3n) is 3.76. The maximum atomic E-state index is 12.1. The highest BCUT2D eigenvalue weighted by Crippen LogP contribution is 2.18. The van der Waals surface area contributed by atoms with Crippen molar-refractivity contribution in [1.82, 2.24) is 5.32 Å². The molecule has 0 saturated carbocycles. The minimum Gasteiger partial charge on any atom is -0.484 e. The fourth-order valence-electron chi connectivity index (χ4n) is 2.30. The van der Waals surface area contributed by atoms with Crippen molar-refractivity contribution < 1.29 is 19.4 Å². The Morgan fingerprint density at radius 3 is 2.42 bits per heavy atom. The Morgan fingerprint density at radius 1 is 1.08 bits per heavy atom. The number of aryl methyl sites for hydroxylation is 2. The van der Waals surface area contributed by atoms with Crippen LogP contribution >= 0.6 is 0 Å². The van der Waals surface area contributed by atoms with Gasteiger partial charge in [0.1, 0.15) is 5.75 Å². The number of benzene rings is 2. The Labute approximate surface area is 141 Å². The van der Waals surface area contributed by atoms with E-state index in [-0.39, 0.29) is 18.9 Å². The average Bonchev–Trinajstić information content (AvgIpc) is 2.56. The molecule has 2 aromatic carbocycles. The first-order valence-corrected chi connectivity index (χ1v) is 7.72. The van der Waals surface area contributed by atoms with E-state index in [4.69, 9.17) is 9.84 Å². The minimum atomic E-state index is -0.973. The van der Waals surface area contributed by atoms with Crippen LogP contribution in [0.1, 0.15) is 29.2 Å². The molecule has 0 spiro atoms. The number of amides is 1. The van der Waals surface area contributed by atoms with Gasteiger partial charge in [0.15, 0.2) is 6.61 Å². The van der Waals surface area contributed by atoms with Gasteiger partial charge in [-0.25, -0.2) is 0 Å². The quantitative estimate of drug-likeness (QED) is 0.819. The number of carboxylic acid groups (broad SMARTS) is 1. The van der Waals surface area contributed by atoms with Crippen molar-refractivity contribution in [3.63, 3.8) is 0 Å². The van der Waals surface area contributed by atoms with Crippen LogP contribution in [0.2, 0.25) is 0 Å². The van der Waals surface area contributed by atoms with Gasteiger partial charge in [-0.15, -0.1) is 0 Å². The molecule has 24 heavy (non-hydrogen) atoms. The lowest BCUT2D eigenvalue weighted by atomic mass is 10.0. The highest BCUT2D eigenvalue weighted by atomic mass is 16.5. The van der Waals surface area contributed by atoms with Crippen molar-refractivity contribution in [2.75, 3.05) is 6.61 Å². The Kier molecular flexibility index (Phi) is 5.95. The lowest BCUT2D eigenvalue weighted by molar-refractivity contribution is -0.137. The van der Waals surface area contributed by atoms with Crippen LogP contribution in [0.5, 0.6) is 5.75 Å². The standard InChI is InChI=1S/C19H21NO4/c1-13-8-9-16(10-14(13)2)24-12-18(21)20-17(11-19(22)23)15-6-4-3-5-7-15/h3-10,17H,11-12H2,1-2H3,(H,20,21)(H,22,23). The highest BCUT2D eigenvalue weighted by molar-refractivity contribution is 5.79. The summed E-state index contributed by atoms with van der Waals surface area (Å²) >= 11 is 0. The third-order valence-corrected chi connectivity index (χ3v) is 3.76. The fourth-order valence-corrected chi connectivity index (χ4v) is 2.30. The van der Waals surface area contributed by atoms with Gasteiger partial charge in [0.25, 0.3) is 5.91 Å². The fraction of sp³-hybridized carbons (Fsp3) is 0.263. The second-order valence-corrected chi connectivity index (χ2v) is 5.66. The van der Waals surface area contributed by atoms with Crippen LogP contribution in [0.25, 0.3) is 0 Å². The van der Waals surface area contributed by atoms with E-state index in [0.717, 1.165) is 16.7 Å². The van der Waals surface area contributed by atoms with Crippen molar-refractivity contribution in [2.45, 2.75) is 26.3 Å². The molecule has 2 N–H and O–H groups in total. The molecule has 1 amide bonds. The maximum absolute atomic E-state index is 12.1. The molecule has 0 aliphatic rings. The topological polar surface area (TPSA) is 75.6 Å². The first-order valence-electron chi connectivity index (χ1n) is 7.72. The van der Waals surface area contributed by atoms with Crippen molar-refractivity contribution >= 4 is 11.9 Å². The first-order chi connectivity index (χ1) is 11.5. The lowest BCUT2D eigenvalue weighted by Crippen LogP contribution is -2.33. The zero-order valence-corrected chi connectivity index (χ0v) is 13.8. The van der Waals surface area contributed by atoms with Crippen LogP contribution in [-0.2, 0) is 9.59 Å². The summed E-state index contributed by atoms with van der Waals surface area (Å²) < 4.78 is 5.49. The molecule has 1 atom stereocenters. The van der Waals surface area contributed by atoms with Gasteiger partial charge < -0.3 is 15.2 Å². The van der Waals surface area contributed by atoms with E-state index in [9.17, 15) is 9.59 Å². The van der Waals surface area contributed by atoms with Crippen LogP contribution in [0.15, 0.2) is 48.5 Å². The van der Waals surface area contributed by atoms with Gasteiger partial charge in [0, 0.05) is 0 Å². The van der Waals surface area contributed by atoms with Gasteiger partial charge in [-0.3, -0.25) is 9.59 Å². The number of aliphatic carboxylic acids is 1. The Morgan fingerprint density at radius 2 is 1.79 bits per heavy atom. The predicted molar refractivity (Wildman–Crippen MR) is 91.0 cm³/mol. The maximum Gasteiger partial charge on any atom is 0.305 e. The summed E-state index contributed by atoms with van der Waals surface area (Å²) in [6, 6.07) is 14.1. The molecular formula is C19H21NO4. The van der Waals surface area contributed by atoms with Gasteiger partial charge in [-0.2, -0.15) is 0 Å². The van der Waals surface area contributed by atoms with E-state index in [1.54, 1.807) is 12.1 Å². The van der Waals surface area contributed by atoms with Gasteiger partial charge in [-0.05, 0) is 42.7 Å². The number of rotatable bonds is 7. The summed E-state index contributed by atoms with van der Waals surface area (Å²) in [6.45, 7) is 3.81. The van der Waals surface area contributed by atoms with Crippen molar-refractivity contribution in [1.29, 1.82) is 0 Å². The van der Waals surface area contributed by atoms with E-state index in [1.807, 2.05) is 50.2 Å². The molecule has 0 bridgehead atoms. The Balaban J connectivity index is 1.97. The van der Waals surface area contributed by atoms with E-state index >= 15 is 0 Å². The molecular weight excluding hydrogens is 306 g/mol. The SMILES string of the molecule is Cc1ccc(OCC(=O)NC(CC(=O)O)c2ccccc2)cc1C. The number of carbonyl (C=O) groups excluding carboxylic acids is 1. The molecule has 0 fully saturated rings. The van der Waals surface area contributed by atoms with Gasteiger partial charge >= 0.3 is 5.97 Å². The van der Waals surface area contributed by atoms with E-state index in [0.29, 0.717) is 5.75 Å². The number of carbonyl (C=O) groups is 2. The molecule has 126 valence electrons. The summed E-state index contributed by atoms with van der Waals surface area (Å²) in [5.41, 5.74) is 2.98. The average molecular weight is 327 g/mol. The zero-order valence-electron chi connectivity index (χ0n) is 13.8. The second-order valence-electron chi connectivity index (χ2n) is 5.66. The van der Waals surface area contributed by atoms with Crippen LogP contribution < -0.4 is 10.1 Å². The summed E-state index contributed by atoms with van der Waals surface area (Å²) in [5.74, 6) is -0.717. The number of nitrogens with one attached hydrogen (secondary N) is 1. The third kappa shape index (κ3) is 5.12. The van der Waals surface area contributed by atoms with E-state index < -0.39 is 12.0 Å². The summed E-state index contributed by atoms with van der Waals surface area (Å²) in [5, 5.41) is 11.8. The van der Waals surface area contributed by atoms with Gasteiger partial charge in [0.05, 0.1) is 12.5 Å². The molecule has 0 saturated heterocycles. The number of hydrogen-bond acceptors (Lipinski definition) is 3. The van der Waals surface area contributed by atoms with Gasteiger partial charge in [0.2, 0.25) is 0 Å². The predicted octanol–water partition coefficient (Wildman–Crippen LogP) is 3.01. The second kappa shape index (κ2) is 8.15. The molecule has 1 unspecified atom stereocenters. The molecule has 5 heteroatoms. The molecule has 5 nitrogen and oxygen atoms in total. The molecule has 0 heterocycles. The Hall–Kier alpha value is -2.82. The normalized spacial score (nSPS) is 11.6. The monoisotopic (exact) mass is 327 g/mol. The largest absolute Gasteiger partial charge is 0.484 e. The van der Waals surface area contributed by atoms with E-state index in [1.165, 1.54) is 0 Å². The molecule has 0 aromatic heterocycles. The number of ether oxygens (including phenoxy) is 1. The summed E-state index contributed by atoms with van der Waals surface area (Å²) in [4.78, 5) is 23.1. The molecule has 2 rings (SSSR count). The van der Waals surface area contributed by atoms with Crippen LogP contribution in [0.3, 0.4) is 0 Å². The number of hydrogen-bond donors (Lipinski definition) is 2. The zero-order chi connectivity index (χ0) is 17.5. The van der Waals surface area contributed by atoms with Crippen LogP contribution in [0.4, 0.5) is 0 Å².